The monoisotopic (exact) mass is 317 g/mol. The van der Waals surface area contributed by atoms with E-state index in [0.717, 1.165) is 18.1 Å². The highest BCUT2D eigenvalue weighted by Crippen LogP contribution is 2.18. The third kappa shape index (κ3) is 3.67. The molecule has 0 aliphatic carbocycles. The van der Waals surface area contributed by atoms with E-state index in [9.17, 15) is 9.59 Å². The van der Waals surface area contributed by atoms with Crippen LogP contribution in [0.15, 0.2) is 0 Å². The minimum absolute atomic E-state index is 0.0679. The summed E-state index contributed by atoms with van der Waals surface area (Å²) in [4.78, 5) is 31.1. The highest BCUT2D eigenvalue weighted by atomic mass is 16.1. The summed E-state index contributed by atoms with van der Waals surface area (Å²) in [5.41, 5.74) is 2.48. The Morgan fingerprint density at radius 2 is 1.91 bits per heavy atom. The number of ketones is 1. The fourth-order valence-corrected chi connectivity index (χ4v) is 2.73. The van der Waals surface area contributed by atoms with Crippen LogP contribution >= 0.6 is 0 Å². The Morgan fingerprint density at radius 3 is 2.43 bits per heavy atom. The molecule has 0 atom stereocenters. The summed E-state index contributed by atoms with van der Waals surface area (Å²) in [6.45, 7) is 10.1. The Kier molecular flexibility index (Phi) is 4.98. The molecule has 2 heterocycles. The van der Waals surface area contributed by atoms with E-state index in [1.54, 1.807) is 13.8 Å². The molecule has 23 heavy (non-hydrogen) atoms. The Bertz CT molecular complexity index is 742. The molecule has 0 radical (unpaired) electrons. The second-order valence-electron chi connectivity index (χ2n) is 5.72. The first-order valence-electron chi connectivity index (χ1n) is 7.67. The van der Waals surface area contributed by atoms with E-state index in [4.69, 9.17) is 0 Å². The lowest BCUT2D eigenvalue weighted by molar-refractivity contribution is 0.0951. The van der Waals surface area contributed by atoms with Gasteiger partial charge in [-0.2, -0.15) is 5.10 Å². The summed E-state index contributed by atoms with van der Waals surface area (Å²) in [7, 11) is 0. The fraction of sp³-hybridized carbons (Fsp3) is 0.500. The Labute approximate surface area is 135 Å². The van der Waals surface area contributed by atoms with Gasteiger partial charge in [-0.15, -0.1) is 0 Å². The van der Waals surface area contributed by atoms with Crippen molar-refractivity contribution in [3.63, 3.8) is 0 Å². The highest BCUT2D eigenvalue weighted by molar-refractivity contribution is 6.02. The van der Waals surface area contributed by atoms with Gasteiger partial charge in [-0.05, 0) is 39.7 Å². The minimum atomic E-state index is -0.157. The molecule has 0 bridgehead atoms. The van der Waals surface area contributed by atoms with Crippen molar-refractivity contribution in [3.05, 3.63) is 34.2 Å². The highest BCUT2D eigenvalue weighted by Gasteiger charge is 2.19. The number of aryl methyl sites for hydroxylation is 4. The van der Waals surface area contributed by atoms with Crippen LogP contribution < -0.4 is 5.32 Å². The number of H-pyrrole nitrogens is 1. The number of carbonyl (C=O) groups is 2. The number of hydrogen-bond acceptors (Lipinski definition) is 4. The molecule has 7 nitrogen and oxygen atoms in total. The second-order valence-corrected chi connectivity index (χ2v) is 5.72. The first-order chi connectivity index (χ1) is 10.8. The summed E-state index contributed by atoms with van der Waals surface area (Å²) in [5, 5.41) is 7.18. The van der Waals surface area contributed by atoms with E-state index < -0.39 is 0 Å². The van der Waals surface area contributed by atoms with Crippen LogP contribution in [0.4, 0.5) is 0 Å². The van der Waals surface area contributed by atoms with Crippen LogP contribution in [-0.4, -0.2) is 38.0 Å². The Balaban J connectivity index is 1.93. The average Bonchev–Trinajstić information content (AvgIpc) is 2.94. The van der Waals surface area contributed by atoms with Crippen LogP contribution in [0.5, 0.6) is 0 Å². The number of rotatable bonds is 6. The zero-order valence-electron chi connectivity index (χ0n) is 14.3. The molecule has 0 aliphatic heterocycles. The van der Waals surface area contributed by atoms with Crippen molar-refractivity contribution in [2.45, 2.75) is 47.6 Å². The molecule has 7 heteroatoms. The van der Waals surface area contributed by atoms with Crippen molar-refractivity contribution >= 4 is 11.7 Å². The van der Waals surface area contributed by atoms with Crippen molar-refractivity contribution in [1.82, 2.24) is 25.1 Å². The number of nitrogens with one attached hydrogen (secondary N) is 2. The van der Waals surface area contributed by atoms with Crippen LogP contribution in [0.3, 0.4) is 0 Å². The van der Waals surface area contributed by atoms with E-state index in [0.29, 0.717) is 35.6 Å². The van der Waals surface area contributed by atoms with Gasteiger partial charge in [0.25, 0.3) is 5.91 Å². The second kappa shape index (κ2) is 6.76. The maximum absolute atomic E-state index is 12.3. The van der Waals surface area contributed by atoms with Gasteiger partial charge in [0.1, 0.15) is 11.6 Å². The van der Waals surface area contributed by atoms with E-state index in [2.05, 4.69) is 20.4 Å². The normalized spacial score (nSPS) is 10.8. The molecule has 0 aliphatic rings. The lowest BCUT2D eigenvalue weighted by Gasteiger charge is -2.07. The number of Topliss-reactive ketones (excluding diaryl/α,β-unsaturated/α-hetero) is 1. The van der Waals surface area contributed by atoms with Crippen LogP contribution in [0, 0.1) is 27.7 Å². The minimum Gasteiger partial charge on any atom is -0.355 e. The van der Waals surface area contributed by atoms with Gasteiger partial charge in [0, 0.05) is 25.7 Å². The number of aromatic amines is 1. The van der Waals surface area contributed by atoms with Crippen molar-refractivity contribution in [3.8, 4) is 0 Å². The smallest absolute Gasteiger partial charge is 0.253 e. The molecule has 124 valence electrons. The van der Waals surface area contributed by atoms with Crippen molar-refractivity contribution in [2.75, 3.05) is 6.54 Å². The summed E-state index contributed by atoms with van der Waals surface area (Å²) < 4.78 is 1.84. The predicted molar refractivity (Wildman–Crippen MR) is 86.7 cm³/mol. The van der Waals surface area contributed by atoms with Crippen LogP contribution in [-0.2, 0) is 6.54 Å². The van der Waals surface area contributed by atoms with E-state index in [1.807, 2.05) is 18.5 Å². The molecule has 0 saturated heterocycles. The van der Waals surface area contributed by atoms with Crippen LogP contribution in [0.2, 0.25) is 0 Å². The van der Waals surface area contributed by atoms with E-state index >= 15 is 0 Å². The first-order valence-corrected chi connectivity index (χ1v) is 7.67. The van der Waals surface area contributed by atoms with E-state index in [1.165, 1.54) is 6.92 Å². The standard InChI is InChI=1S/C16H23N5O2/c1-9-14(10(2)18-15(9)11(3)22)16(23)17-7-6-8-21-13(5)19-12(4)20-21/h18H,6-8H2,1-5H3,(H,17,23). The molecule has 2 aromatic heterocycles. The molecular formula is C16H23N5O2. The summed E-state index contributed by atoms with van der Waals surface area (Å²) in [6, 6.07) is 0. The molecule has 0 fully saturated rings. The molecule has 2 aromatic rings. The molecule has 0 saturated carbocycles. The fourth-order valence-electron chi connectivity index (χ4n) is 2.73. The van der Waals surface area contributed by atoms with Gasteiger partial charge < -0.3 is 10.3 Å². The Hall–Kier alpha value is -2.44. The zero-order chi connectivity index (χ0) is 17.1. The maximum Gasteiger partial charge on any atom is 0.253 e. The maximum atomic E-state index is 12.3. The number of aromatic nitrogens is 4. The van der Waals surface area contributed by atoms with E-state index in [-0.39, 0.29) is 11.7 Å². The van der Waals surface area contributed by atoms with Gasteiger partial charge in [-0.25, -0.2) is 4.98 Å². The van der Waals surface area contributed by atoms with Crippen LogP contribution in [0.1, 0.15) is 57.1 Å². The molecule has 2 N–H and O–H groups in total. The number of amides is 1. The van der Waals surface area contributed by atoms with Gasteiger partial charge >= 0.3 is 0 Å². The van der Waals surface area contributed by atoms with Crippen molar-refractivity contribution in [1.29, 1.82) is 0 Å². The lowest BCUT2D eigenvalue weighted by Crippen LogP contribution is -2.26. The zero-order valence-corrected chi connectivity index (χ0v) is 14.3. The summed E-state index contributed by atoms with van der Waals surface area (Å²) >= 11 is 0. The molecule has 0 aromatic carbocycles. The summed E-state index contributed by atoms with van der Waals surface area (Å²) in [6.07, 6.45) is 0.761. The van der Waals surface area contributed by atoms with Gasteiger partial charge in [0.2, 0.25) is 0 Å². The third-order valence-corrected chi connectivity index (χ3v) is 3.81. The van der Waals surface area contributed by atoms with Gasteiger partial charge in [-0.1, -0.05) is 0 Å². The average molecular weight is 317 g/mol. The topological polar surface area (TPSA) is 92.7 Å². The van der Waals surface area contributed by atoms with Crippen LogP contribution in [0.25, 0.3) is 0 Å². The van der Waals surface area contributed by atoms with Gasteiger partial charge in [-0.3, -0.25) is 14.3 Å². The molecule has 1 amide bonds. The molecule has 2 rings (SSSR count). The molecule has 0 unspecified atom stereocenters. The predicted octanol–water partition coefficient (Wildman–Crippen LogP) is 1.86. The largest absolute Gasteiger partial charge is 0.355 e. The molecular weight excluding hydrogens is 294 g/mol. The number of carbonyl (C=O) groups excluding carboxylic acids is 2. The number of hydrogen-bond donors (Lipinski definition) is 2. The Morgan fingerprint density at radius 1 is 1.22 bits per heavy atom. The number of nitrogens with zero attached hydrogens (tertiary/aromatic N) is 3. The lowest BCUT2D eigenvalue weighted by atomic mass is 10.1. The van der Waals surface area contributed by atoms with Gasteiger partial charge in [0.05, 0.1) is 11.3 Å². The molecule has 0 spiro atoms. The first kappa shape index (κ1) is 16.9. The quantitative estimate of drug-likeness (QED) is 0.628. The third-order valence-electron chi connectivity index (χ3n) is 3.81. The summed E-state index contributed by atoms with van der Waals surface area (Å²) in [5.74, 6) is 1.40. The van der Waals surface area contributed by atoms with Crippen molar-refractivity contribution < 1.29 is 9.59 Å². The van der Waals surface area contributed by atoms with Crippen molar-refractivity contribution in [2.24, 2.45) is 0 Å². The SMILES string of the molecule is CC(=O)c1[nH]c(C)c(C(=O)NCCCn2nc(C)nc2C)c1C. The van der Waals surface area contributed by atoms with Gasteiger partial charge in [0.15, 0.2) is 5.78 Å².